The molecule has 8 heteroatoms. The highest BCUT2D eigenvalue weighted by molar-refractivity contribution is 5.83. The summed E-state index contributed by atoms with van der Waals surface area (Å²) in [5.41, 5.74) is 1.26. The lowest BCUT2D eigenvalue weighted by atomic mass is 9.98. The molecule has 0 saturated heterocycles. The number of alkyl halides is 3. The Morgan fingerprint density at radius 3 is 2.48 bits per heavy atom. The number of carbonyl (C=O) groups is 1. The molecule has 0 aromatic carbocycles. The average molecular weight is 307 g/mol. The van der Waals surface area contributed by atoms with Gasteiger partial charge in [0.05, 0.1) is 18.2 Å². The third-order valence-corrected chi connectivity index (χ3v) is 3.38. The van der Waals surface area contributed by atoms with Gasteiger partial charge in [0.1, 0.15) is 6.54 Å². The molecule has 0 aliphatic carbocycles. The first-order chi connectivity index (χ1) is 9.58. The summed E-state index contributed by atoms with van der Waals surface area (Å²) < 4.78 is 38.3. The van der Waals surface area contributed by atoms with E-state index in [0.29, 0.717) is 17.0 Å². The smallest absolute Gasteiger partial charge is 0.395 e. The zero-order valence-corrected chi connectivity index (χ0v) is 12.5. The van der Waals surface area contributed by atoms with Crippen LogP contribution >= 0.6 is 0 Å². The number of hydrogen-bond donors (Lipinski definition) is 1. The van der Waals surface area contributed by atoms with Crippen molar-refractivity contribution < 1.29 is 23.1 Å². The molecule has 0 fully saturated rings. The number of aromatic nitrogens is 2. The van der Waals surface area contributed by atoms with Gasteiger partial charge in [-0.1, -0.05) is 0 Å². The van der Waals surface area contributed by atoms with Crippen molar-refractivity contribution in [3.63, 3.8) is 0 Å². The van der Waals surface area contributed by atoms with Gasteiger partial charge in [0.2, 0.25) is 5.91 Å². The lowest BCUT2D eigenvalue weighted by Crippen LogP contribution is -2.33. The summed E-state index contributed by atoms with van der Waals surface area (Å²) in [5, 5.41) is 12.7. The summed E-state index contributed by atoms with van der Waals surface area (Å²) in [6.07, 6.45) is -4.36. The van der Waals surface area contributed by atoms with Gasteiger partial charge in [0, 0.05) is 24.8 Å². The Kier molecular flexibility index (Phi) is 5.38. The summed E-state index contributed by atoms with van der Waals surface area (Å²) in [5.74, 6) is -0.870. The molecule has 0 saturated carbocycles. The fraction of sp³-hybridized carbons (Fsp3) is 0.692. The van der Waals surface area contributed by atoms with Gasteiger partial charge >= 0.3 is 6.18 Å². The van der Waals surface area contributed by atoms with Crippen LogP contribution in [0.5, 0.6) is 0 Å². The number of nitrogens with zero attached hydrogens (tertiary/aromatic N) is 3. The molecule has 1 heterocycles. The van der Waals surface area contributed by atoms with E-state index in [1.54, 1.807) is 20.9 Å². The standard InChI is InChI=1S/C13H20F3N3O2/c1-8(12(21)18(4)5-6-20)11-9(2)17-19(10(11)3)7-13(14,15)16/h8,20H,5-7H2,1-4H3. The number of halogens is 3. The average Bonchev–Trinajstić information content (AvgIpc) is 2.61. The van der Waals surface area contributed by atoms with Crippen LogP contribution in [0.3, 0.4) is 0 Å². The second kappa shape index (κ2) is 6.46. The Balaban J connectivity index is 3.05. The molecule has 1 aromatic heterocycles. The van der Waals surface area contributed by atoms with E-state index in [2.05, 4.69) is 5.10 Å². The predicted octanol–water partition coefficient (Wildman–Crippen LogP) is 1.62. The van der Waals surface area contributed by atoms with E-state index in [1.807, 2.05) is 0 Å². The van der Waals surface area contributed by atoms with E-state index in [1.165, 1.54) is 11.8 Å². The van der Waals surface area contributed by atoms with Gasteiger partial charge in [0.25, 0.3) is 0 Å². The van der Waals surface area contributed by atoms with Crippen molar-refractivity contribution in [2.24, 2.45) is 0 Å². The van der Waals surface area contributed by atoms with Crippen LogP contribution in [-0.2, 0) is 11.3 Å². The molecule has 1 unspecified atom stereocenters. The second-order valence-corrected chi connectivity index (χ2v) is 5.06. The number of aliphatic hydroxyl groups excluding tert-OH is 1. The third kappa shape index (κ3) is 4.20. The van der Waals surface area contributed by atoms with E-state index in [4.69, 9.17) is 5.11 Å². The number of likely N-dealkylation sites (N-methyl/N-ethyl adjacent to an activating group) is 1. The molecular weight excluding hydrogens is 287 g/mol. The van der Waals surface area contributed by atoms with Crippen molar-refractivity contribution in [1.82, 2.24) is 14.7 Å². The molecule has 5 nitrogen and oxygen atoms in total. The van der Waals surface area contributed by atoms with E-state index >= 15 is 0 Å². The second-order valence-electron chi connectivity index (χ2n) is 5.06. The van der Waals surface area contributed by atoms with Crippen LogP contribution in [0.15, 0.2) is 0 Å². The maximum absolute atomic E-state index is 12.5. The Labute approximate surface area is 121 Å². The van der Waals surface area contributed by atoms with Gasteiger partial charge in [-0.2, -0.15) is 18.3 Å². The van der Waals surface area contributed by atoms with Crippen LogP contribution in [0, 0.1) is 13.8 Å². The summed E-state index contributed by atoms with van der Waals surface area (Å²) >= 11 is 0. The number of aliphatic hydroxyl groups is 1. The zero-order chi connectivity index (χ0) is 16.4. The molecule has 1 rings (SSSR count). The lowest BCUT2D eigenvalue weighted by molar-refractivity contribution is -0.143. The summed E-state index contributed by atoms with van der Waals surface area (Å²) in [4.78, 5) is 13.5. The minimum atomic E-state index is -4.36. The Hall–Kier alpha value is -1.57. The van der Waals surface area contributed by atoms with Crippen molar-refractivity contribution in [2.45, 2.75) is 39.4 Å². The van der Waals surface area contributed by atoms with Crippen LogP contribution in [0.2, 0.25) is 0 Å². The monoisotopic (exact) mass is 307 g/mol. The molecule has 1 aromatic rings. The number of carbonyl (C=O) groups excluding carboxylic acids is 1. The van der Waals surface area contributed by atoms with Gasteiger partial charge in [-0.25, -0.2) is 0 Å². The molecule has 0 spiro atoms. The fourth-order valence-corrected chi connectivity index (χ4v) is 2.38. The molecule has 1 N–H and O–H groups in total. The van der Waals surface area contributed by atoms with Crippen LogP contribution in [0.1, 0.15) is 29.8 Å². The number of hydrogen-bond acceptors (Lipinski definition) is 3. The normalized spacial score (nSPS) is 13.3. The number of aryl methyl sites for hydroxylation is 1. The Morgan fingerprint density at radius 2 is 2.00 bits per heavy atom. The van der Waals surface area contributed by atoms with Crippen LogP contribution in [0.25, 0.3) is 0 Å². The highest BCUT2D eigenvalue weighted by Gasteiger charge is 2.32. The predicted molar refractivity (Wildman–Crippen MR) is 70.9 cm³/mol. The highest BCUT2D eigenvalue weighted by atomic mass is 19.4. The van der Waals surface area contributed by atoms with E-state index in [9.17, 15) is 18.0 Å². The first-order valence-electron chi connectivity index (χ1n) is 6.55. The first kappa shape index (κ1) is 17.5. The van der Waals surface area contributed by atoms with E-state index < -0.39 is 18.6 Å². The van der Waals surface area contributed by atoms with Crippen molar-refractivity contribution >= 4 is 5.91 Å². The van der Waals surface area contributed by atoms with Gasteiger partial charge in [-0.05, 0) is 20.8 Å². The third-order valence-electron chi connectivity index (χ3n) is 3.38. The van der Waals surface area contributed by atoms with Crippen molar-refractivity contribution in [1.29, 1.82) is 0 Å². The molecule has 0 aliphatic heterocycles. The minimum absolute atomic E-state index is 0.166. The van der Waals surface area contributed by atoms with E-state index in [0.717, 1.165) is 4.68 Å². The fourth-order valence-electron chi connectivity index (χ4n) is 2.38. The summed E-state index contributed by atoms with van der Waals surface area (Å²) in [6.45, 7) is 3.58. The quantitative estimate of drug-likeness (QED) is 0.899. The molecule has 120 valence electrons. The topological polar surface area (TPSA) is 58.4 Å². The van der Waals surface area contributed by atoms with Crippen LogP contribution in [0.4, 0.5) is 13.2 Å². The first-order valence-corrected chi connectivity index (χ1v) is 6.55. The SMILES string of the molecule is Cc1nn(CC(F)(F)F)c(C)c1C(C)C(=O)N(C)CCO. The molecule has 21 heavy (non-hydrogen) atoms. The van der Waals surface area contributed by atoms with Crippen molar-refractivity contribution in [3.05, 3.63) is 17.0 Å². The van der Waals surface area contributed by atoms with Gasteiger partial charge in [-0.3, -0.25) is 9.48 Å². The Bertz CT molecular complexity index is 511. The van der Waals surface area contributed by atoms with Crippen molar-refractivity contribution in [3.8, 4) is 0 Å². The maximum atomic E-state index is 12.5. The van der Waals surface area contributed by atoms with Crippen molar-refractivity contribution in [2.75, 3.05) is 20.2 Å². The maximum Gasteiger partial charge on any atom is 0.408 e. The number of amides is 1. The minimum Gasteiger partial charge on any atom is -0.395 e. The lowest BCUT2D eigenvalue weighted by Gasteiger charge is -2.21. The van der Waals surface area contributed by atoms with E-state index in [-0.39, 0.29) is 19.1 Å². The molecular formula is C13H20F3N3O2. The van der Waals surface area contributed by atoms with Crippen LogP contribution in [-0.4, -0.2) is 52.1 Å². The molecule has 1 amide bonds. The zero-order valence-electron chi connectivity index (χ0n) is 12.5. The molecule has 0 radical (unpaired) electrons. The molecule has 0 aliphatic rings. The van der Waals surface area contributed by atoms with Gasteiger partial charge < -0.3 is 10.0 Å². The molecule has 1 atom stereocenters. The van der Waals surface area contributed by atoms with Crippen LogP contribution < -0.4 is 0 Å². The van der Waals surface area contributed by atoms with Gasteiger partial charge in [-0.15, -0.1) is 0 Å². The highest BCUT2D eigenvalue weighted by Crippen LogP contribution is 2.27. The molecule has 0 bridgehead atoms. The Morgan fingerprint density at radius 1 is 1.43 bits per heavy atom. The van der Waals surface area contributed by atoms with Gasteiger partial charge in [0.15, 0.2) is 0 Å². The summed E-state index contributed by atoms with van der Waals surface area (Å²) in [7, 11) is 1.54. The summed E-state index contributed by atoms with van der Waals surface area (Å²) in [6, 6.07) is 0. The number of rotatable bonds is 5. The largest absolute Gasteiger partial charge is 0.408 e.